The summed E-state index contributed by atoms with van der Waals surface area (Å²) in [6, 6.07) is 1.95. The van der Waals surface area contributed by atoms with Gasteiger partial charge in [-0.15, -0.1) is 0 Å². The lowest BCUT2D eigenvalue weighted by molar-refractivity contribution is -0.946. The molecule has 0 bridgehead atoms. The molecule has 2 unspecified atom stereocenters. The molecule has 6 fully saturated rings. The SMILES string of the molecule is C[C@H]1CC[C@@H]2[C@@H](C)[C@H]3[C@H](C[C@H]4[C@@H]5CCC6C[C@@H](O)CC[C@]6(C)[C@H]5CC[C@]34C)[NH+]2C1. The average Bonchev–Trinajstić information content (AvgIpc) is 3.15. The molecule has 0 aromatic heterocycles. The highest BCUT2D eigenvalue weighted by Gasteiger charge is 2.69. The van der Waals surface area contributed by atoms with Crippen molar-refractivity contribution in [2.75, 3.05) is 6.54 Å². The fourth-order valence-corrected chi connectivity index (χ4v) is 11.3. The number of nitrogens with one attached hydrogen (secondary N) is 1. The smallest absolute Gasteiger partial charge is 0.0918 e. The summed E-state index contributed by atoms with van der Waals surface area (Å²) in [6.45, 7) is 12.0. The summed E-state index contributed by atoms with van der Waals surface area (Å²) < 4.78 is 0. The van der Waals surface area contributed by atoms with Crippen molar-refractivity contribution in [3.63, 3.8) is 0 Å². The lowest BCUT2D eigenvalue weighted by atomic mass is 9.44. The highest BCUT2D eigenvalue weighted by Crippen LogP contribution is 2.68. The second kappa shape index (κ2) is 6.47. The quantitative estimate of drug-likeness (QED) is 0.622. The molecule has 13 atom stereocenters. The topological polar surface area (TPSA) is 24.7 Å². The summed E-state index contributed by atoms with van der Waals surface area (Å²) in [5.74, 6) is 6.63. The van der Waals surface area contributed by atoms with Crippen LogP contribution in [0, 0.1) is 52.3 Å². The molecule has 2 nitrogen and oxygen atoms in total. The first kappa shape index (κ1) is 19.6. The monoisotopic (exact) mass is 400 g/mol. The number of quaternary nitrogens is 1. The number of aliphatic hydroxyl groups excluding tert-OH is 1. The normalized spacial score (nSPS) is 63.8. The Labute approximate surface area is 179 Å². The van der Waals surface area contributed by atoms with Crippen molar-refractivity contribution < 1.29 is 10.0 Å². The highest BCUT2D eigenvalue weighted by atomic mass is 16.3. The van der Waals surface area contributed by atoms with Crippen molar-refractivity contribution >= 4 is 0 Å². The molecular weight excluding hydrogens is 354 g/mol. The van der Waals surface area contributed by atoms with E-state index in [0.29, 0.717) is 10.8 Å². The van der Waals surface area contributed by atoms with E-state index >= 15 is 0 Å². The van der Waals surface area contributed by atoms with Crippen molar-refractivity contribution in [3.8, 4) is 0 Å². The highest BCUT2D eigenvalue weighted by molar-refractivity contribution is 5.13. The zero-order valence-electron chi connectivity index (χ0n) is 19.5. The van der Waals surface area contributed by atoms with Crippen LogP contribution in [0.2, 0.25) is 0 Å². The summed E-state index contributed by atoms with van der Waals surface area (Å²) >= 11 is 0. The van der Waals surface area contributed by atoms with Gasteiger partial charge in [0.15, 0.2) is 0 Å². The average molecular weight is 401 g/mol. The molecule has 0 radical (unpaired) electrons. The summed E-state index contributed by atoms with van der Waals surface area (Å²) in [6.07, 6.45) is 13.9. The first-order valence-corrected chi connectivity index (χ1v) is 13.4. The number of rotatable bonds is 0. The van der Waals surface area contributed by atoms with E-state index in [0.717, 1.165) is 66.4 Å². The Morgan fingerprint density at radius 3 is 2.41 bits per heavy atom. The Morgan fingerprint density at radius 2 is 1.59 bits per heavy atom. The standard InChI is InChI=1S/C27H45NO/c1-16-5-8-23-17(2)25-24(28(23)15-16)14-22-20-7-6-18-13-19(29)9-11-26(18,3)21(20)10-12-27(22,25)4/h16-25,29H,5-15H2,1-4H3/p+1/t16-,17+,18?,19-,20+,21-,22-,23+,24-,25-,26-,27-/m0/s1. The molecule has 29 heavy (non-hydrogen) atoms. The van der Waals surface area contributed by atoms with E-state index in [1.54, 1.807) is 6.42 Å². The number of aliphatic hydroxyl groups is 1. The maximum Gasteiger partial charge on any atom is 0.0918 e. The van der Waals surface area contributed by atoms with Crippen molar-refractivity contribution in [1.82, 2.24) is 0 Å². The molecule has 164 valence electrons. The Hall–Kier alpha value is -0.0800. The van der Waals surface area contributed by atoms with Gasteiger partial charge in [0.25, 0.3) is 0 Å². The van der Waals surface area contributed by atoms with E-state index in [1.807, 2.05) is 0 Å². The molecule has 0 aromatic carbocycles. The lowest BCUT2D eigenvalue weighted by Gasteiger charge is -2.61. The van der Waals surface area contributed by atoms with Gasteiger partial charge in [-0.25, -0.2) is 0 Å². The molecule has 2 aliphatic heterocycles. The van der Waals surface area contributed by atoms with Gasteiger partial charge >= 0.3 is 0 Å². The molecule has 2 heteroatoms. The van der Waals surface area contributed by atoms with Gasteiger partial charge in [-0.3, -0.25) is 0 Å². The van der Waals surface area contributed by atoms with Gasteiger partial charge in [-0.2, -0.15) is 0 Å². The number of fused-ring (bicyclic) bond motifs is 9. The molecule has 6 rings (SSSR count). The first-order valence-electron chi connectivity index (χ1n) is 13.4. The molecule has 4 aliphatic carbocycles. The zero-order valence-corrected chi connectivity index (χ0v) is 19.5. The van der Waals surface area contributed by atoms with Gasteiger partial charge in [0.2, 0.25) is 0 Å². The van der Waals surface area contributed by atoms with Crippen LogP contribution in [0.5, 0.6) is 0 Å². The van der Waals surface area contributed by atoms with Gasteiger partial charge in [0, 0.05) is 30.6 Å². The second-order valence-corrected chi connectivity index (χ2v) is 13.4. The lowest BCUT2D eigenvalue weighted by Crippen LogP contribution is -3.18. The van der Waals surface area contributed by atoms with Crippen LogP contribution in [0.1, 0.15) is 91.9 Å². The molecule has 4 saturated carbocycles. The van der Waals surface area contributed by atoms with E-state index in [1.165, 1.54) is 51.5 Å². The third kappa shape index (κ3) is 2.54. The van der Waals surface area contributed by atoms with Crippen molar-refractivity contribution in [3.05, 3.63) is 0 Å². The van der Waals surface area contributed by atoms with Crippen LogP contribution in [0.15, 0.2) is 0 Å². The van der Waals surface area contributed by atoms with Gasteiger partial charge in [-0.05, 0) is 85.9 Å². The third-order valence-electron chi connectivity index (χ3n) is 12.5. The van der Waals surface area contributed by atoms with Crippen LogP contribution in [0.4, 0.5) is 0 Å². The van der Waals surface area contributed by atoms with Crippen molar-refractivity contribution in [2.24, 2.45) is 52.3 Å². The molecule has 0 spiro atoms. The molecule has 6 aliphatic rings. The van der Waals surface area contributed by atoms with Crippen LogP contribution in [0.25, 0.3) is 0 Å². The van der Waals surface area contributed by atoms with Crippen LogP contribution < -0.4 is 4.90 Å². The van der Waals surface area contributed by atoms with Gasteiger partial charge in [0.1, 0.15) is 0 Å². The van der Waals surface area contributed by atoms with E-state index in [-0.39, 0.29) is 6.10 Å². The minimum atomic E-state index is -0.00760. The fourth-order valence-electron chi connectivity index (χ4n) is 11.3. The van der Waals surface area contributed by atoms with Gasteiger partial charge in [-0.1, -0.05) is 27.7 Å². The molecule has 2 heterocycles. The van der Waals surface area contributed by atoms with Gasteiger partial charge in [0.05, 0.1) is 24.7 Å². The molecular formula is C27H46NO+. The largest absolute Gasteiger partial charge is 0.393 e. The Bertz CT molecular complexity index is 663. The van der Waals surface area contributed by atoms with Crippen LogP contribution >= 0.6 is 0 Å². The third-order valence-corrected chi connectivity index (χ3v) is 12.5. The van der Waals surface area contributed by atoms with Crippen molar-refractivity contribution in [1.29, 1.82) is 0 Å². The number of piperidine rings is 1. The summed E-state index contributed by atoms with van der Waals surface area (Å²) in [5, 5.41) is 10.3. The maximum atomic E-state index is 10.3. The molecule has 2 saturated heterocycles. The van der Waals surface area contributed by atoms with Crippen LogP contribution in [-0.4, -0.2) is 29.8 Å². The minimum Gasteiger partial charge on any atom is -0.393 e. The second-order valence-electron chi connectivity index (χ2n) is 13.4. The maximum absolute atomic E-state index is 10.3. The minimum absolute atomic E-state index is 0.00760. The zero-order chi connectivity index (χ0) is 20.1. The van der Waals surface area contributed by atoms with Crippen molar-refractivity contribution in [2.45, 2.75) is 110 Å². The Balaban J connectivity index is 1.30. The van der Waals surface area contributed by atoms with E-state index in [4.69, 9.17) is 0 Å². The molecule has 0 aromatic rings. The van der Waals surface area contributed by atoms with E-state index in [9.17, 15) is 5.11 Å². The molecule has 0 amide bonds. The Morgan fingerprint density at radius 1 is 0.793 bits per heavy atom. The predicted molar refractivity (Wildman–Crippen MR) is 118 cm³/mol. The summed E-state index contributed by atoms with van der Waals surface area (Å²) in [7, 11) is 0. The van der Waals surface area contributed by atoms with Crippen LogP contribution in [-0.2, 0) is 0 Å². The number of hydrogen-bond donors (Lipinski definition) is 2. The Kier molecular flexibility index (Phi) is 4.37. The van der Waals surface area contributed by atoms with E-state index in [2.05, 4.69) is 32.6 Å². The predicted octanol–water partition coefficient (Wildman–Crippen LogP) is 4.32. The summed E-state index contributed by atoms with van der Waals surface area (Å²) in [5.41, 5.74) is 1.15. The summed E-state index contributed by atoms with van der Waals surface area (Å²) in [4.78, 5) is 2.05. The molecule has 2 N–H and O–H groups in total. The number of hydrogen-bond acceptors (Lipinski definition) is 1. The first-order chi connectivity index (χ1) is 13.8. The van der Waals surface area contributed by atoms with Gasteiger partial charge < -0.3 is 10.0 Å². The fraction of sp³-hybridized carbons (Fsp3) is 1.00. The van der Waals surface area contributed by atoms with E-state index < -0.39 is 0 Å². The van der Waals surface area contributed by atoms with Crippen LogP contribution in [0.3, 0.4) is 0 Å².